The number of nitrogens with zero attached hydrogens (tertiary/aromatic N) is 2. The predicted molar refractivity (Wildman–Crippen MR) is 127 cm³/mol. The van der Waals surface area contributed by atoms with E-state index in [0.29, 0.717) is 33.6 Å². The van der Waals surface area contributed by atoms with Crippen molar-refractivity contribution in [2.75, 3.05) is 6.26 Å². The van der Waals surface area contributed by atoms with Crippen LogP contribution in [0.15, 0.2) is 71.5 Å². The van der Waals surface area contributed by atoms with Gasteiger partial charge in [0.2, 0.25) is 15.9 Å². The van der Waals surface area contributed by atoms with Crippen LogP contribution in [0.5, 0.6) is 5.88 Å². The Bertz CT molecular complexity index is 1340. The molecule has 0 spiro atoms. The topological polar surface area (TPSA) is 139 Å². The Balaban J connectivity index is 1.95. The Kier molecular flexibility index (Phi) is 7.75. The average molecular weight is 487 g/mol. The molecule has 1 heterocycles. The van der Waals surface area contributed by atoms with Crippen molar-refractivity contribution in [2.45, 2.75) is 31.8 Å². The molecule has 0 radical (unpaired) electrons. The number of aliphatic hydroxyl groups excluding tert-OH is 1. The van der Waals surface area contributed by atoms with Gasteiger partial charge < -0.3 is 15.3 Å². The molecule has 1 unspecified atom stereocenters. The van der Waals surface area contributed by atoms with Crippen LogP contribution in [-0.2, 0) is 21.2 Å². The van der Waals surface area contributed by atoms with Gasteiger partial charge in [-0.2, -0.15) is 3.97 Å². The Morgan fingerprint density at radius 3 is 2.24 bits per heavy atom. The van der Waals surface area contributed by atoms with Gasteiger partial charge >= 0.3 is 11.7 Å². The first kappa shape index (κ1) is 25.0. The number of carboxylic acids is 1. The first-order chi connectivity index (χ1) is 16.1. The van der Waals surface area contributed by atoms with E-state index in [9.17, 15) is 28.2 Å². The highest BCUT2D eigenvalue weighted by atomic mass is 32.2. The Labute approximate surface area is 196 Å². The van der Waals surface area contributed by atoms with E-state index in [1.54, 1.807) is 48.6 Å². The molecule has 3 aromatic rings. The zero-order chi connectivity index (χ0) is 24.9. The number of aliphatic carboxylic acids is 1. The number of carbonyl (C=O) groups is 1. The molecular formula is C24H26N2O7S. The molecule has 1 atom stereocenters. The number of rotatable bonds is 10. The van der Waals surface area contributed by atoms with Gasteiger partial charge in [0.15, 0.2) is 0 Å². The van der Waals surface area contributed by atoms with E-state index in [4.69, 9.17) is 5.11 Å². The highest BCUT2D eigenvalue weighted by Gasteiger charge is 2.25. The molecule has 0 saturated heterocycles. The van der Waals surface area contributed by atoms with E-state index in [1.165, 1.54) is 0 Å². The van der Waals surface area contributed by atoms with Gasteiger partial charge in [-0.15, -0.1) is 0 Å². The summed E-state index contributed by atoms with van der Waals surface area (Å²) in [7, 11) is -4.08. The van der Waals surface area contributed by atoms with Gasteiger partial charge in [0.25, 0.3) is 0 Å². The number of unbranched alkanes of at least 4 members (excludes halogenated alkanes) is 1. The van der Waals surface area contributed by atoms with Crippen LogP contribution in [0.25, 0.3) is 5.69 Å². The van der Waals surface area contributed by atoms with Crippen molar-refractivity contribution in [1.82, 2.24) is 8.54 Å². The molecule has 0 bridgehead atoms. The lowest BCUT2D eigenvalue weighted by molar-refractivity contribution is -0.137. The summed E-state index contributed by atoms with van der Waals surface area (Å²) in [6.45, 7) is 0. The lowest BCUT2D eigenvalue weighted by Gasteiger charge is -2.13. The molecule has 180 valence electrons. The molecule has 2 aromatic carbocycles. The van der Waals surface area contributed by atoms with E-state index in [2.05, 4.69) is 0 Å². The van der Waals surface area contributed by atoms with Crippen molar-refractivity contribution in [1.29, 1.82) is 0 Å². The first-order valence-corrected chi connectivity index (χ1v) is 12.4. The summed E-state index contributed by atoms with van der Waals surface area (Å²) in [6.07, 6.45) is 4.28. The quantitative estimate of drug-likeness (QED) is 0.296. The molecule has 0 aliphatic carbocycles. The summed E-state index contributed by atoms with van der Waals surface area (Å²) in [4.78, 5) is 23.6. The van der Waals surface area contributed by atoms with Crippen LogP contribution in [-0.4, -0.2) is 44.5 Å². The zero-order valence-electron chi connectivity index (χ0n) is 18.5. The predicted octanol–water partition coefficient (Wildman–Crippen LogP) is 2.59. The summed E-state index contributed by atoms with van der Waals surface area (Å²) in [5.41, 5.74) is 0.726. The second-order valence-electron chi connectivity index (χ2n) is 7.78. The number of allylic oxidation sites excluding steroid dienone is 2. The summed E-state index contributed by atoms with van der Waals surface area (Å²) in [5.74, 6) is -1.58. The molecule has 3 rings (SSSR count). The molecule has 10 heteroatoms. The normalized spacial score (nSPS) is 12.8. The van der Waals surface area contributed by atoms with Crippen LogP contribution in [0, 0.1) is 0 Å². The van der Waals surface area contributed by atoms with Crippen molar-refractivity contribution >= 4 is 16.0 Å². The minimum atomic E-state index is -4.08. The van der Waals surface area contributed by atoms with E-state index in [1.807, 2.05) is 18.2 Å². The molecule has 0 aliphatic rings. The monoisotopic (exact) mass is 486 g/mol. The van der Waals surface area contributed by atoms with Crippen molar-refractivity contribution in [3.05, 3.63) is 94.1 Å². The van der Waals surface area contributed by atoms with E-state index in [-0.39, 0.29) is 18.5 Å². The Morgan fingerprint density at radius 2 is 1.65 bits per heavy atom. The Hall–Kier alpha value is -3.63. The summed E-state index contributed by atoms with van der Waals surface area (Å²) in [6, 6.07) is 15.4. The highest BCUT2D eigenvalue weighted by molar-refractivity contribution is 7.89. The number of aliphatic hydroxyl groups is 1. The van der Waals surface area contributed by atoms with E-state index >= 15 is 0 Å². The maximum atomic E-state index is 13.0. The SMILES string of the molecule is CS(=O)(=O)n1c(O)c(CC=CCCCC(=O)O)n(-c2ccc(C(O)c3ccccc3)cc2)c1=O. The average Bonchev–Trinajstić information content (AvgIpc) is 3.05. The largest absolute Gasteiger partial charge is 0.492 e. The fourth-order valence-electron chi connectivity index (χ4n) is 3.58. The van der Waals surface area contributed by atoms with E-state index in [0.717, 1.165) is 10.8 Å². The molecule has 0 aliphatic heterocycles. The lowest BCUT2D eigenvalue weighted by atomic mass is 10.0. The number of aromatic nitrogens is 2. The van der Waals surface area contributed by atoms with Crippen molar-refractivity contribution in [3.8, 4) is 11.6 Å². The standard InChI is InChI=1S/C24H26N2O7S/c1-34(32,33)26-23(30)20(11-7-2-3-8-12-21(27)28)25(24(26)31)19-15-13-18(14-16-19)22(29)17-9-5-4-6-10-17/h2,4-7,9-10,13-16,22,29-30H,3,8,11-12H2,1H3,(H,27,28). The van der Waals surface area contributed by atoms with Crippen LogP contribution in [0.4, 0.5) is 0 Å². The fourth-order valence-corrected chi connectivity index (χ4v) is 4.36. The van der Waals surface area contributed by atoms with Crippen LogP contribution in [0.1, 0.15) is 42.2 Å². The minimum Gasteiger partial charge on any atom is -0.492 e. The zero-order valence-corrected chi connectivity index (χ0v) is 19.4. The highest BCUT2D eigenvalue weighted by Crippen LogP contribution is 2.25. The minimum absolute atomic E-state index is 0.0198. The van der Waals surface area contributed by atoms with Gasteiger partial charge in [-0.05, 0) is 36.1 Å². The number of carboxylic acid groups (broad SMARTS) is 1. The molecule has 0 saturated carbocycles. The summed E-state index contributed by atoms with van der Waals surface area (Å²) >= 11 is 0. The molecule has 3 N–H and O–H groups in total. The number of aromatic hydroxyl groups is 1. The van der Waals surface area contributed by atoms with Gasteiger partial charge in [-0.25, -0.2) is 13.2 Å². The van der Waals surface area contributed by atoms with Gasteiger partial charge in [-0.3, -0.25) is 9.36 Å². The molecule has 0 amide bonds. The van der Waals surface area contributed by atoms with Gasteiger partial charge in [-0.1, -0.05) is 54.6 Å². The third-order valence-corrected chi connectivity index (χ3v) is 6.23. The summed E-state index contributed by atoms with van der Waals surface area (Å²) in [5, 5.41) is 29.9. The van der Waals surface area contributed by atoms with Gasteiger partial charge in [0, 0.05) is 12.8 Å². The summed E-state index contributed by atoms with van der Waals surface area (Å²) < 4.78 is 25.7. The second kappa shape index (κ2) is 10.5. The molecule has 9 nitrogen and oxygen atoms in total. The molecule has 0 fully saturated rings. The van der Waals surface area contributed by atoms with Crippen LogP contribution < -0.4 is 5.69 Å². The third-order valence-electron chi connectivity index (χ3n) is 5.24. The van der Waals surface area contributed by atoms with Crippen molar-refractivity contribution < 1.29 is 28.5 Å². The number of hydrogen-bond donors (Lipinski definition) is 3. The van der Waals surface area contributed by atoms with Crippen LogP contribution >= 0.6 is 0 Å². The maximum Gasteiger partial charge on any atom is 0.350 e. The molecular weight excluding hydrogens is 460 g/mol. The number of hydrogen-bond acceptors (Lipinski definition) is 6. The van der Waals surface area contributed by atoms with Gasteiger partial charge in [0.05, 0.1) is 17.6 Å². The van der Waals surface area contributed by atoms with Crippen LogP contribution in [0.3, 0.4) is 0 Å². The fraction of sp³-hybridized carbons (Fsp3) is 0.250. The van der Waals surface area contributed by atoms with Crippen molar-refractivity contribution in [2.24, 2.45) is 0 Å². The smallest absolute Gasteiger partial charge is 0.350 e. The Morgan fingerprint density at radius 1 is 1.03 bits per heavy atom. The van der Waals surface area contributed by atoms with E-state index < -0.39 is 33.7 Å². The maximum absolute atomic E-state index is 13.0. The third kappa shape index (κ3) is 5.64. The first-order valence-electron chi connectivity index (χ1n) is 10.6. The molecule has 1 aromatic heterocycles. The van der Waals surface area contributed by atoms with Crippen LogP contribution in [0.2, 0.25) is 0 Å². The lowest BCUT2D eigenvalue weighted by Crippen LogP contribution is -2.28. The van der Waals surface area contributed by atoms with Crippen molar-refractivity contribution in [3.63, 3.8) is 0 Å². The number of imidazole rings is 1. The number of benzene rings is 2. The molecule has 34 heavy (non-hydrogen) atoms. The van der Waals surface area contributed by atoms with Gasteiger partial charge in [0.1, 0.15) is 6.10 Å². The second-order valence-corrected chi connectivity index (χ2v) is 9.61.